The van der Waals surface area contributed by atoms with E-state index in [0.717, 1.165) is 44.6 Å². The Morgan fingerprint density at radius 1 is 1.05 bits per heavy atom. The molecule has 0 aliphatic carbocycles. The van der Waals surface area contributed by atoms with Gasteiger partial charge in [0.05, 0.1) is 29.2 Å². The minimum Gasteiger partial charge on any atom is -0.494 e. The van der Waals surface area contributed by atoms with E-state index in [1.807, 2.05) is 69.3 Å². The van der Waals surface area contributed by atoms with Crippen LogP contribution in [0.5, 0.6) is 5.75 Å². The highest BCUT2D eigenvalue weighted by Crippen LogP contribution is 2.34. The second-order valence-corrected chi connectivity index (χ2v) is 9.98. The first kappa shape index (κ1) is 26.1. The maximum atomic E-state index is 13.8. The standard InChI is InChI=1S/C32H32N4O3/c1-7-39-30-16-20(4)26(17-25(30)19(2)3)31-34-28-14-10-8-13-24(28)32(38)36(31)33-18-27-21(5)35(22(6)37)29-15-11-9-12-23(27)29/h8-19H,7H2,1-6H3. The summed E-state index contributed by atoms with van der Waals surface area (Å²) in [5.41, 5.74) is 5.45. The first-order valence-electron chi connectivity index (χ1n) is 13.2. The van der Waals surface area contributed by atoms with Crippen LogP contribution in [0.3, 0.4) is 0 Å². The topological polar surface area (TPSA) is 78.5 Å². The van der Waals surface area contributed by atoms with Gasteiger partial charge in [-0.15, -0.1) is 0 Å². The summed E-state index contributed by atoms with van der Waals surface area (Å²) in [5, 5.41) is 6.09. The average molecular weight is 521 g/mol. The van der Waals surface area contributed by atoms with E-state index in [0.29, 0.717) is 23.3 Å². The lowest BCUT2D eigenvalue weighted by Gasteiger charge is -2.18. The lowest BCUT2D eigenvalue weighted by atomic mass is 9.96. The second-order valence-electron chi connectivity index (χ2n) is 9.98. The molecule has 0 amide bonds. The zero-order valence-corrected chi connectivity index (χ0v) is 23.1. The van der Waals surface area contributed by atoms with E-state index in [2.05, 4.69) is 19.9 Å². The average Bonchev–Trinajstić information content (AvgIpc) is 3.19. The fraction of sp³-hybridized carbons (Fsp3) is 0.250. The number of rotatable bonds is 6. The van der Waals surface area contributed by atoms with Crippen molar-refractivity contribution in [2.24, 2.45) is 5.10 Å². The monoisotopic (exact) mass is 520 g/mol. The maximum absolute atomic E-state index is 13.8. The van der Waals surface area contributed by atoms with Gasteiger partial charge in [0.25, 0.3) is 5.56 Å². The highest BCUT2D eigenvalue weighted by Gasteiger charge is 2.19. The molecule has 0 aliphatic rings. The van der Waals surface area contributed by atoms with E-state index in [9.17, 15) is 9.59 Å². The molecular weight excluding hydrogens is 488 g/mol. The van der Waals surface area contributed by atoms with Crippen LogP contribution in [-0.4, -0.2) is 33.0 Å². The van der Waals surface area contributed by atoms with E-state index in [1.54, 1.807) is 16.8 Å². The molecule has 0 fully saturated rings. The fourth-order valence-corrected chi connectivity index (χ4v) is 5.15. The molecule has 0 spiro atoms. The third kappa shape index (κ3) is 4.54. The Kier molecular flexibility index (Phi) is 6.91. The summed E-state index contributed by atoms with van der Waals surface area (Å²) in [5.74, 6) is 1.40. The van der Waals surface area contributed by atoms with Gasteiger partial charge < -0.3 is 4.74 Å². The highest BCUT2D eigenvalue weighted by molar-refractivity contribution is 6.05. The van der Waals surface area contributed by atoms with Gasteiger partial charge in [0.15, 0.2) is 5.82 Å². The van der Waals surface area contributed by atoms with E-state index in [-0.39, 0.29) is 17.4 Å². The lowest BCUT2D eigenvalue weighted by molar-refractivity contribution is 0.0939. The Labute approximate surface area is 227 Å². The summed E-state index contributed by atoms with van der Waals surface area (Å²) < 4.78 is 8.97. The van der Waals surface area contributed by atoms with Gasteiger partial charge in [-0.2, -0.15) is 9.78 Å². The van der Waals surface area contributed by atoms with Crippen molar-refractivity contribution in [2.75, 3.05) is 6.61 Å². The normalized spacial score (nSPS) is 11.8. The number of para-hydroxylation sites is 2. The smallest absolute Gasteiger partial charge is 0.282 e. The minimum atomic E-state index is -0.265. The molecular formula is C32H32N4O3. The first-order chi connectivity index (χ1) is 18.7. The van der Waals surface area contributed by atoms with E-state index < -0.39 is 0 Å². The molecule has 5 aromatic rings. The Morgan fingerprint density at radius 2 is 1.74 bits per heavy atom. The van der Waals surface area contributed by atoms with Gasteiger partial charge in [0, 0.05) is 29.1 Å². The predicted molar refractivity (Wildman–Crippen MR) is 157 cm³/mol. The van der Waals surface area contributed by atoms with Crippen LogP contribution in [0, 0.1) is 13.8 Å². The van der Waals surface area contributed by atoms with Gasteiger partial charge in [-0.1, -0.05) is 44.2 Å². The number of hydrogen-bond donors (Lipinski definition) is 0. The number of aryl methyl sites for hydroxylation is 1. The molecule has 2 heterocycles. The van der Waals surface area contributed by atoms with Crippen molar-refractivity contribution in [2.45, 2.75) is 47.5 Å². The summed E-state index contributed by atoms with van der Waals surface area (Å²) in [7, 11) is 0. The van der Waals surface area contributed by atoms with Gasteiger partial charge in [-0.25, -0.2) is 4.98 Å². The number of fused-ring (bicyclic) bond motifs is 2. The molecule has 3 aromatic carbocycles. The van der Waals surface area contributed by atoms with Crippen molar-refractivity contribution < 1.29 is 9.53 Å². The lowest BCUT2D eigenvalue weighted by Crippen LogP contribution is -2.21. The predicted octanol–water partition coefficient (Wildman–Crippen LogP) is 6.70. The van der Waals surface area contributed by atoms with Crippen molar-refractivity contribution in [1.82, 2.24) is 14.2 Å². The molecule has 2 aromatic heterocycles. The molecule has 7 nitrogen and oxygen atoms in total. The minimum absolute atomic E-state index is 0.0835. The highest BCUT2D eigenvalue weighted by atomic mass is 16.5. The van der Waals surface area contributed by atoms with Crippen molar-refractivity contribution in [3.63, 3.8) is 0 Å². The number of carbonyl (C=O) groups excluding carboxylic acids is 1. The van der Waals surface area contributed by atoms with Crippen LogP contribution in [0.4, 0.5) is 0 Å². The van der Waals surface area contributed by atoms with Crippen LogP contribution in [0.25, 0.3) is 33.2 Å². The molecule has 7 heteroatoms. The van der Waals surface area contributed by atoms with Crippen LogP contribution < -0.4 is 10.3 Å². The van der Waals surface area contributed by atoms with E-state index >= 15 is 0 Å². The molecule has 5 rings (SSSR count). The van der Waals surface area contributed by atoms with Crippen LogP contribution in [0.15, 0.2) is 70.6 Å². The third-order valence-corrected chi connectivity index (χ3v) is 7.05. The van der Waals surface area contributed by atoms with Crippen LogP contribution in [-0.2, 0) is 0 Å². The van der Waals surface area contributed by atoms with Gasteiger partial charge in [-0.3, -0.25) is 14.2 Å². The van der Waals surface area contributed by atoms with Crippen LogP contribution >= 0.6 is 0 Å². The molecule has 0 saturated carbocycles. The molecule has 0 N–H and O–H groups in total. The Bertz CT molecular complexity index is 1830. The molecule has 0 bridgehead atoms. The molecule has 198 valence electrons. The summed E-state index contributed by atoms with van der Waals surface area (Å²) in [6.07, 6.45) is 1.66. The summed E-state index contributed by atoms with van der Waals surface area (Å²) in [4.78, 5) is 31.2. The fourth-order valence-electron chi connectivity index (χ4n) is 5.15. The number of hydrogen-bond acceptors (Lipinski definition) is 5. The van der Waals surface area contributed by atoms with Gasteiger partial charge in [-0.05, 0) is 68.1 Å². The van der Waals surface area contributed by atoms with Crippen molar-refractivity contribution in [3.8, 4) is 17.1 Å². The summed E-state index contributed by atoms with van der Waals surface area (Å²) in [6.45, 7) is 12.2. The summed E-state index contributed by atoms with van der Waals surface area (Å²) >= 11 is 0. The SMILES string of the molecule is CCOc1cc(C)c(-c2nc3ccccc3c(=O)n2N=Cc2c(C)n(C(C)=O)c3ccccc23)cc1C(C)C. The Balaban J connectivity index is 1.79. The molecule has 0 radical (unpaired) electrons. The number of aromatic nitrogens is 3. The van der Waals surface area contributed by atoms with E-state index in [1.165, 1.54) is 11.6 Å². The Morgan fingerprint density at radius 3 is 2.44 bits per heavy atom. The van der Waals surface area contributed by atoms with Crippen molar-refractivity contribution in [3.05, 3.63) is 93.4 Å². The number of carbonyl (C=O) groups is 1. The zero-order valence-electron chi connectivity index (χ0n) is 23.1. The van der Waals surface area contributed by atoms with Gasteiger partial charge in [0.2, 0.25) is 5.91 Å². The van der Waals surface area contributed by atoms with Gasteiger partial charge in [0.1, 0.15) is 5.75 Å². The van der Waals surface area contributed by atoms with E-state index in [4.69, 9.17) is 14.8 Å². The Hall–Kier alpha value is -4.52. The number of benzene rings is 3. The zero-order chi connectivity index (χ0) is 27.8. The molecule has 39 heavy (non-hydrogen) atoms. The largest absolute Gasteiger partial charge is 0.494 e. The number of ether oxygens (including phenoxy) is 1. The molecule has 0 aliphatic heterocycles. The molecule has 0 atom stereocenters. The maximum Gasteiger partial charge on any atom is 0.282 e. The number of nitrogens with zero attached hydrogens (tertiary/aromatic N) is 4. The van der Waals surface area contributed by atoms with Gasteiger partial charge >= 0.3 is 0 Å². The van der Waals surface area contributed by atoms with Crippen molar-refractivity contribution in [1.29, 1.82) is 0 Å². The quantitative estimate of drug-likeness (QED) is 0.233. The van der Waals surface area contributed by atoms with Crippen LogP contribution in [0.2, 0.25) is 0 Å². The second kappa shape index (κ2) is 10.3. The molecule has 0 unspecified atom stereocenters. The molecule has 0 saturated heterocycles. The van der Waals surface area contributed by atoms with Crippen LogP contribution in [0.1, 0.15) is 60.8 Å². The third-order valence-electron chi connectivity index (χ3n) is 7.05. The first-order valence-corrected chi connectivity index (χ1v) is 13.2. The van der Waals surface area contributed by atoms with Crippen molar-refractivity contribution >= 4 is 33.9 Å². The summed E-state index contributed by atoms with van der Waals surface area (Å²) in [6, 6.07) is 19.1.